The van der Waals surface area contributed by atoms with Crippen molar-refractivity contribution < 1.29 is 0 Å². The molecule has 12 heavy (non-hydrogen) atoms. The van der Waals surface area contributed by atoms with Gasteiger partial charge in [-0.2, -0.15) is 4.99 Å². The Bertz CT molecular complexity index is 232. The summed E-state index contributed by atoms with van der Waals surface area (Å²) < 4.78 is 0. The fraction of sp³-hybridized carbons (Fsp3) is 0.714. The third kappa shape index (κ3) is 1.22. The highest BCUT2D eigenvalue weighted by atomic mass is 15.3. The van der Waals surface area contributed by atoms with Crippen molar-refractivity contribution in [2.75, 3.05) is 13.1 Å². The summed E-state index contributed by atoms with van der Waals surface area (Å²) in [7, 11) is 0. The average molecular weight is 167 g/mol. The third-order valence-electron chi connectivity index (χ3n) is 2.51. The maximum atomic E-state index is 7.51. The molecular weight excluding hydrogens is 154 g/mol. The summed E-state index contributed by atoms with van der Waals surface area (Å²) in [6, 6.07) is 0. The summed E-state index contributed by atoms with van der Waals surface area (Å²) in [6.45, 7) is 1.92. The molecule has 0 aromatic rings. The van der Waals surface area contributed by atoms with E-state index in [1.807, 2.05) is 4.90 Å². The van der Waals surface area contributed by atoms with Crippen molar-refractivity contribution in [1.29, 1.82) is 5.41 Å². The SMILES string of the molecule is N=C(N=C(N)N)N1CC2CC2C1. The second kappa shape index (κ2) is 2.36. The van der Waals surface area contributed by atoms with Gasteiger partial charge in [-0.25, -0.2) is 0 Å². The van der Waals surface area contributed by atoms with Crippen molar-refractivity contribution in [3.8, 4) is 0 Å². The molecule has 0 bridgehead atoms. The van der Waals surface area contributed by atoms with E-state index in [2.05, 4.69) is 4.99 Å². The second-order valence-corrected chi connectivity index (χ2v) is 3.52. The lowest BCUT2D eigenvalue weighted by molar-refractivity contribution is 0.454. The number of aliphatic imine (C=N–C) groups is 1. The molecule has 1 saturated carbocycles. The van der Waals surface area contributed by atoms with E-state index >= 15 is 0 Å². The summed E-state index contributed by atoms with van der Waals surface area (Å²) in [5.41, 5.74) is 10.3. The number of hydrogen-bond acceptors (Lipinski definition) is 1. The number of nitrogens with two attached hydrogens (primary N) is 2. The lowest BCUT2D eigenvalue weighted by atomic mass is 10.4. The molecule has 66 valence electrons. The molecular formula is C7H13N5. The fourth-order valence-electron chi connectivity index (χ4n) is 1.76. The molecule has 0 spiro atoms. The number of rotatable bonds is 0. The molecule has 2 aliphatic rings. The first kappa shape index (κ1) is 7.39. The monoisotopic (exact) mass is 167 g/mol. The van der Waals surface area contributed by atoms with E-state index in [4.69, 9.17) is 16.9 Å². The summed E-state index contributed by atoms with van der Waals surface area (Å²) >= 11 is 0. The van der Waals surface area contributed by atoms with Crippen molar-refractivity contribution in [2.45, 2.75) is 6.42 Å². The molecule has 2 fully saturated rings. The van der Waals surface area contributed by atoms with Crippen LogP contribution in [0.5, 0.6) is 0 Å². The summed E-state index contributed by atoms with van der Waals surface area (Å²) in [6.07, 6.45) is 1.33. The third-order valence-corrected chi connectivity index (χ3v) is 2.51. The van der Waals surface area contributed by atoms with E-state index < -0.39 is 0 Å². The summed E-state index contributed by atoms with van der Waals surface area (Å²) in [4.78, 5) is 5.62. The maximum absolute atomic E-state index is 7.51. The van der Waals surface area contributed by atoms with Crippen molar-refractivity contribution in [1.82, 2.24) is 4.90 Å². The van der Waals surface area contributed by atoms with Crippen LogP contribution in [0.3, 0.4) is 0 Å². The van der Waals surface area contributed by atoms with Gasteiger partial charge in [0, 0.05) is 13.1 Å². The lowest BCUT2D eigenvalue weighted by Crippen LogP contribution is -2.32. The molecule has 1 heterocycles. The highest BCUT2D eigenvalue weighted by Gasteiger charge is 2.45. The van der Waals surface area contributed by atoms with Gasteiger partial charge in [0.25, 0.3) is 0 Å². The van der Waals surface area contributed by atoms with Crippen molar-refractivity contribution in [2.24, 2.45) is 28.3 Å². The highest BCUT2D eigenvalue weighted by molar-refractivity contribution is 5.91. The van der Waals surface area contributed by atoms with Crippen LogP contribution in [0.1, 0.15) is 6.42 Å². The standard InChI is InChI=1S/C7H13N5/c8-6(9)11-7(10)12-2-4-1-5(4)3-12/h4-5H,1-3H2,(H5,8,9,10,11). The fourth-order valence-corrected chi connectivity index (χ4v) is 1.76. The number of nitrogens with zero attached hydrogens (tertiary/aromatic N) is 2. The van der Waals surface area contributed by atoms with Crippen molar-refractivity contribution in [3.63, 3.8) is 0 Å². The van der Waals surface area contributed by atoms with Gasteiger partial charge in [-0.3, -0.25) is 5.41 Å². The van der Waals surface area contributed by atoms with Crippen LogP contribution in [0.2, 0.25) is 0 Å². The molecule has 1 saturated heterocycles. The van der Waals surface area contributed by atoms with E-state index in [-0.39, 0.29) is 11.9 Å². The Kier molecular flexibility index (Phi) is 1.46. The Morgan fingerprint density at radius 2 is 1.92 bits per heavy atom. The predicted molar refractivity (Wildman–Crippen MR) is 46.7 cm³/mol. The molecule has 5 nitrogen and oxygen atoms in total. The first-order valence-corrected chi connectivity index (χ1v) is 4.10. The molecule has 0 aromatic carbocycles. The van der Waals surface area contributed by atoms with Crippen LogP contribution in [-0.4, -0.2) is 29.9 Å². The van der Waals surface area contributed by atoms with E-state index in [1.54, 1.807) is 0 Å². The number of hydrogen-bond donors (Lipinski definition) is 3. The zero-order valence-corrected chi connectivity index (χ0v) is 6.83. The van der Waals surface area contributed by atoms with Gasteiger partial charge >= 0.3 is 0 Å². The van der Waals surface area contributed by atoms with Gasteiger partial charge in [-0.1, -0.05) is 0 Å². The molecule has 0 radical (unpaired) electrons. The van der Waals surface area contributed by atoms with Crippen LogP contribution in [0.25, 0.3) is 0 Å². The van der Waals surface area contributed by atoms with Crippen LogP contribution >= 0.6 is 0 Å². The van der Waals surface area contributed by atoms with Crippen LogP contribution in [0.15, 0.2) is 4.99 Å². The first-order valence-electron chi connectivity index (χ1n) is 4.10. The molecule has 0 aromatic heterocycles. The second-order valence-electron chi connectivity index (χ2n) is 3.52. The van der Waals surface area contributed by atoms with E-state index in [9.17, 15) is 0 Å². The number of piperidine rings is 1. The molecule has 1 aliphatic heterocycles. The van der Waals surface area contributed by atoms with Gasteiger partial charge in [0.1, 0.15) is 0 Å². The molecule has 2 rings (SSSR count). The van der Waals surface area contributed by atoms with Gasteiger partial charge in [0.2, 0.25) is 5.96 Å². The molecule has 5 heteroatoms. The normalized spacial score (nSPS) is 31.2. The Hall–Kier alpha value is -1.26. The Morgan fingerprint density at radius 1 is 1.33 bits per heavy atom. The van der Waals surface area contributed by atoms with Crippen LogP contribution in [0, 0.1) is 17.2 Å². The van der Waals surface area contributed by atoms with Gasteiger partial charge in [-0.05, 0) is 18.3 Å². The summed E-state index contributed by atoms with van der Waals surface area (Å²) in [5, 5.41) is 7.51. The summed E-state index contributed by atoms with van der Waals surface area (Å²) in [5.74, 6) is 1.79. The molecule has 0 amide bonds. The smallest absolute Gasteiger partial charge is 0.221 e. The zero-order valence-electron chi connectivity index (χ0n) is 6.83. The largest absolute Gasteiger partial charge is 0.370 e. The Balaban J connectivity index is 1.93. The highest BCUT2D eigenvalue weighted by Crippen LogP contribution is 2.44. The maximum Gasteiger partial charge on any atom is 0.221 e. The Morgan fingerprint density at radius 3 is 2.42 bits per heavy atom. The van der Waals surface area contributed by atoms with Gasteiger partial charge in [-0.15, -0.1) is 0 Å². The lowest BCUT2D eigenvalue weighted by Gasteiger charge is -2.16. The molecule has 2 atom stereocenters. The number of guanidine groups is 2. The van der Waals surface area contributed by atoms with Crippen LogP contribution in [0.4, 0.5) is 0 Å². The number of fused-ring (bicyclic) bond motifs is 1. The van der Waals surface area contributed by atoms with E-state index in [1.165, 1.54) is 6.42 Å². The molecule has 5 N–H and O–H groups in total. The number of likely N-dealkylation sites (tertiary alicyclic amines) is 1. The topological polar surface area (TPSA) is 91.5 Å². The van der Waals surface area contributed by atoms with Gasteiger partial charge in [0.05, 0.1) is 0 Å². The minimum absolute atomic E-state index is 0.0272. The van der Waals surface area contributed by atoms with Gasteiger partial charge < -0.3 is 16.4 Å². The molecule has 2 unspecified atom stereocenters. The number of nitrogens with one attached hydrogen (secondary N) is 1. The van der Waals surface area contributed by atoms with Gasteiger partial charge in [0.15, 0.2) is 5.96 Å². The van der Waals surface area contributed by atoms with Crippen LogP contribution in [-0.2, 0) is 0 Å². The Labute approximate surface area is 70.9 Å². The molecule has 1 aliphatic carbocycles. The van der Waals surface area contributed by atoms with E-state index in [0.29, 0.717) is 0 Å². The first-order chi connectivity index (χ1) is 5.66. The average Bonchev–Trinajstić information content (AvgIpc) is 2.57. The predicted octanol–water partition coefficient (Wildman–Crippen LogP) is -0.854. The van der Waals surface area contributed by atoms with Crippen molar-refractivity contribution in [3.05, 3.63) is 0 Å². The minimum Gasteiger partial charge on any atom is -0.370 e. The van der Waals surface area contributed by atoms with Crippen molar-refractivity contribution >= 4 is 11.9 Å². The quantitative estimate of drug-likeness (QED) is 0.324. The van der Waals surface area contributed by atoms with Crippen LogP contribution < -0.4 is 11.5 Å². The zero-order chi connectivity index (χ0) is 8.72. The minimum atomic E-state index is -0.0272. The van der Waals surface area contributed by atoms with E-state index in [0.717, 1.165) is 24.9 Å².